The molecule has 0 spiro atoms. The number of oxazole rings is 1. The lowest BCUT2D eigenvalue weighted by Gasteiger charge is -2.04. The molecule has 3 N–H and O–H groups in total. The van der Waals surface area contributed by atoms with Crippen molar-refractivity contribution in [2.75, 3.05) is 5.32 Å². The number of anilines is 1. The molecule has 0 bridgehead atoms. The van der Waals surface area contributed by atoms with Gasteiger partial charge in [0.25, 0.3) is 0 Å². The fourth-order valence-corrected chi connectivity index (χ4v) is 1.54. The Balaban J connectivity index is 1.86. The minimum atomic E-state index is -0.496. The highest BCUT2D eigenvalue weighted by atomic mass is 16.3. The highest BCUT2D eigenvalue weighted by molar-refractivity contribution is 5.94. The summed E-state index contributed by atoms with van der Waals surface area (Å²) >= 11 is 0. The maximum atomic E-state index is 11.7. The van der Waals surface area contributed by atoms with Gasteiger partial charge in [-0.2, -0.15) is 0 Å². The predicted octanol–water partition coefficient (Wildman–Crippen LogP) is 1.34. The Morgan fingerprint density at radius 3 is 2.58 bits per heavy atom. The summed E-state index contributed by atoms with van der Waals surface area (Å²) in [4.78, 5) is 26.5. The molecule has 0 aliphatic rings. The molecule has 0 aliphatic heterocycles. The number of benzene rings is 1. The predicted molar refractivity (Wildman–Crippen MR) is 68.4 cm³/mol. The number of aromatic nitrogens is 1. The van der Waals surface area contributed by atoms with Crippen LogP contribution < -0.4 is 11.1 Å². The van der Waals surface area contributed by atoms with Gasteiger partial charge in [0, 0.05) is 24.1 Å². The molecule has 0 unspecified atom stereocenters. The molecule has 0 saturated carbocycles. The Labute approximate surface area is 109 Å². The molecule has 0 radical (unpaired) electrons. The number of nitrogens with zero attached hydrogens (tertiary/aromatic N) is 1. The Kier molecular flexibility index (Phi) is 3.92. The first kappa shape index (κ1) is 12.8. The van der Waals surface area contributed by atoms with Gasteiger partial charge in [0.15, 0.2) is 6.39 Å². The molecule has 1 aromatic carbocycles. The first-order chi connectivity index (χ1) is 9.15. The minimum absolute atomic E-state index is 0.130. The van der Waals surface area contributed by atoms with Crippen LogP contribution in [-0.2, 0) is 11.2 Å². The third-order valence-corrected chi connectivity index (χ3v) is 2.54. The van der Waals surface area contributed by atoms with Crippen LogP contribution in [-0.4, -0.2) is 16.8 Å². The molecule has 2 amide bonds. The van der Waals surface area contributed by atoms with Crippen LogP contribution in [0.4, 0.5) is 5.69 Å². The Hall–Kier alpha value is -2.63. The summed E-state index contributed by atoms with van der Waals surface area (Å²) in [5, 5.41) is 2.72. The molecule has 19 heavy (non-hydrogen) atoms. The van der Waals surface area contributed by atoms with Crippen LogP contribution in [0.1, 0.15) is 22.5 Å². The second-order valence-electron chi connectivity index (χ2n) is 3.97. The van der Waals surface area contributed by atoms with Crippen LogP contribution in [0.5, 0.6) is 0 Å². The van der Waals surface area contributed by atoms with Gasteiger partial charge in [-0.1, -0.05) is 0 Å². The van der Waals surface area contributed by atoms with Crippen molar-refractivity contribution in [3.05, 3.63) is 48.2 Å². The van der Waals surface area contributed by atoms with E-state index < -0.39 is 5.91 Å². The largest absolute Gasteiger partial charge is 0.451 e. The van der Waals surface area contributed by atoms with E-state index in [1.165, 1.54) is 12.7 Å². The van der Waals surface area contributed by atoms with E-state index in [0.717, 1.165) is 5.69 Å². The van der Waals surface area contributed by atoms with Gasteiger partial charge in [0.05, 0.1) is 5.69 Å². The smallest absolute Gasteiger partial charge is 0.248 e. The molecule has 0 aliphatic carbocycles. The summed E-state index contributed by atoms with van der Waals surface area (Å²) in [6.07, 6.45) is 3.66. The monoisotopic (exact) mass is 259 g/mol. The maximum Gasteiger partial charge on any atom is 0.248 e. The highest BCUT2D eigenvalue weighted by Gasteiger charge is 2.05. The molecular weight excluding hydrogens is 246 g/mol. The Morgan fingerprint density at radius 1 is 1.26 bits per heavy atom. The van der Waals surface area contributed by atoms with E-state index in [1.54, 1.807) is 24.3 Å². The molecule has 1 heterocycles. The lowest BCUT2D eigenvalue weighted by Crippen LogP contribution is -2.13. The van der Waals surface area contributed by atoms with Crippen molar-refractivity contribution < 1.29 is 14.0 Å². The van der Waals surface area contributed by atoms with E-state index in [4.69, 9.17) is 10.2 Å². The van der Waals surface area contributed by atoms with Crippen LogP contribution in [0, 0.1) is 0 Å². The summed E-state index contributed by atoms with van der Waals surface area (Å²) < 4.78 is 4.81. The van der Waals surface area contributed by atoms with Gasteiger partial charge < -0.3 is 15.5 Å². The van der Waals surface area contributed by atoms with Gasteiger partial charge in [-0.05, 0) is 24.3 Å². The fourth-order valence-electron chi connectivity index (χ4n) is 1.54. The van der Waals surface area contributed by atoms with Crippen molar-refractivity contribution in [2.24, 2.45) is 5.73 Å². The van der Waals surface area contributed by atoms with Crippen LogP contribution in [0.15, 0.2) is 41.3 Å². The van der Waals surface area contributed by atoms with Crippen LogP contribution in [0.25, 0.3) is 0 Å². The zero-order chi connectivity index (χ0) is 13.7. The Morgan fingerprint density at radius 2 is 2.00 bits per heavy atom. The number of carbonyl (C=O) groups excluding carboxylic acids is 2. The number of aryl methyl sites for hydroxylation is 1. The molecule has 6 nitrogen and oxygen atoms in total. The summed E-state index contributed by atoms with van der Waals surface area (Å²) in [6, 6.07) is 6.40. The van der Waals surface area contributed by atoms with E-state index in [0.29, 0.717) is 24.1 Å². The third-order valence-electron chi connectivity index (χ3n) is 2.54. The lowest BCUT2D eigenvalue weighted by atomic mass is 10.2. The number of rotatable bonds is 5. The highest BCUT2D eigenvalue weighted by Crippen LogP contribution is 2.10. The number of carbonyl (C=O) groups is 2. The normalized spacial score (nSPS) is 10.1. The summed E-state index contributed by atoms with van der Waals surface area (Å²) in [5.74, 6) is -0.626. The van der Waals surface area contributed by atoms with Crippen molar-refractivity contribution >= 4 is 17.5 Å². The van der Waals surface area contributed by atoms with Crippen molar-refractivity contribution in [3.63, 3.8) is 0 Å². The van der Waals surface area contributed by atoms with Crippen molar-refractivity contribution in [2.45, 2.75) is 12.8 Å². The third kappa shape index (κ3) is 3.67. The van der Waals surface area contributed by atoms with Gasteiger partial charge in [-0.15, -0.1) is 0 Å². The summed E-state index contributed by atoms with van der Waals surface area (Å²) in [6.45, 7) is 0. The van der Waals surface area contributed by atoms with Crippen molar-refractivity contribution in [3.8, 4) is 0 Å². The van der Waals surface area contributed by atoms with Crippen LogP contribution in [0.3, 0.4) is 0 Å². The van der Waals surface area contributed by atoms with E-state index in [-0.39, 0.29) is 5.91 Å². The standard InChI is InChI=1S/C13H13N3O3/c14-13(18)9-1-3-10(4-2-9)16-12(17)6-5-11-7-19-8-15-11/h1-4,7-8H,5-6H2,(H2,14,18)(H,16,17). The summed E-state index contributed by atoms with van der Waals surface area (Å²) in [7, 11) is 0. The topological polar surface area (TPSA) is 98.2 Å². The van der Waals surface area contributed by atoms with Crippen molar-refractivity contribution in [1.82, 2.24) is 4.98 Å². The maximum absolute atomic E-state index is 11.7. The zero-order valence-electron chi connectivity index (χ0n) is 10.1. The summed E-state index contributed by atoms with van der Waals surface area (Å²) in [5.41, 5.74) is 6.88. The molecule has 1 aromatic heterocycles. The molecule has 2 aromatic rings. The van der Waals surface area contributed by atoms with Gasteiger partial charge in [0.1, 0.15) is 6.26 Å². The molecule has 2 rings (SSSR count). The van der Waals surface area contributed by atoms with Gasteiger partial charge in [-0.3, -0.25) is 9.59 Å². The number of amides is 2. The number of nitrogens with one attached hydrogen (secondary N) is 1. The zero-order valence-corrected chi connectivity index (χ0v) is 10.1. The molecule has 0 saturated heterocycles. The quantitative estimate of drug-likeness (QED) is 0.846. The lowest BCUT2D eigenvalue weighted by molar-refractivity contribution is -0.116. The number of primary amides is 1. The van der Waals surface area contributed by atoms with E-state index >= 15 is 0 Å². The molecule has 98 valence electrons. The average molecular weight is 259 g/mol. The van der Waals surface area contributed by atoms with Crippen LogP contribution in [0.2, 0.25) is 0 Å². The number of hydrogen-bond acceptors (Lipinski definition) is 4. The second kappa shape index (κ2) is 5.81. The first-order valence-electron chi connectivity index (χ1n) is 5.72. The second-order valence-corrected chi connectivity index (χ2v) is 3.97. The molecule has 0 fully saturated rings. The van der Waals surface area contributed by atoms with Crippen LogP contribution >= 0.6 is 0 Å². The van der Waals surface area contributed by atoms with Gasteiger partial charge >= 0.3 is 0 Å². The Bertz CT molecular complexity index is 561. The molecular formula is C13H13N3O3. The first-order valence-corrected chi connectivity index (χ1v) is 5.72. The minimum Gasteiger partial charge on any atom is -0.451 e. The van der Waals surface area contributed by atoms with Gasteiger partial charge in [0.2, 0.25) is 11.8 Å². The molecule has 0 atom stereocenters. The molecule has 6 heteroatoms. The van der Waals surface area contributed by atoms with E-state index in [1.807, 2.05) is 0 Å². The SMILES string of the molecule is NC(=O)c1ccc(NC(=O)CCc2cocn2)cc1. The number of hydrogen-bond donors (Lipinski definition) is 2. The average Bonchev–Trinajstić information content (AvgIpc) is 2.90. The number of nitrogens with two attached hydrogens (primary N) is 1. The van der Waals surface area contributed by atoms with Gasteiger partial charge in [-0.25, -0.2) is 4.98 Å². The van der Waals surface area contributed by atoms with Crippen molar-refractivity contribution in [1.29, 1.82) is 0 Å². The van der Waals surface area contributed by atoms with E-state index in [2.05, 4.69) is 10.3 Å². The van der Waals surface area contributed by atoms with E-state index in [9.17, 15) is 9.59 Å². The fraction of sp³-hybridized carbons (Fsp3) is 0.154.